The van der Waals surface area contributed by atoms with Crippen LogP contribution in [0.15, 0.2) is 36.7 Å². The molecule has 1 aliphatic heterocycles. The van der Waals surface area contributed by atoms with Crippen LogP contribution in [0.2, 0.25) is 0 Å². The Kier molecular flexibility index (Phi) is 4.64. The van der Waals surface area contributed by atoms with Gasteiger partial charge in [-0.2, -0.15) is 0 Å². The van der Waals surface area contributed by atoms with Gasteiger partial charge in [0, 0.05) is 44.3 Å². The van der Waals surface area contributed by atoms with E-state index >= 15 is 0 Å². The highest BCUT2D eigenvalue weighted by Gasteiger charge is 2.23. The Morgan fingerprint density at radius 1 is 1.36 bits per heavy atom. The molecule has 1 fully saturated rings. The molecule has 0 spiro atoms. The van der Waals surface area contributed by atoms with Gasteiger partial charge in [-0.05, 0) is 25.1 Å². The number of carbonyl (C=O) groups excluding carboxylic acids is 1. The number of nitrogens with one attached hydrogen (secondary N) is 2. The number of halogens is 1. The summed E-state index contributed by atoms with van der Waals surface area (Å²) in [5, 5.41) is 5.83. The lowest BCUT2D eigenvalue weighted by Gasteiger charge is -2.37. The average molecular weight is 383 g/mol. The summed E-state index contributed by atoms with van der Waals surface area (Å²) < 4.78 is 21.7. The first-order chi connectivity index (χ1) is 13.5. The lowest BCUT2D eigenvalue weighted by molar-refractivity contribution is 0.102. The number of methoxy groups -OCH3 is 1. The van der Waals surface area contributed by atoms with E-state index in [0.29, 0.717) is 23.0 Å². The predicted molar refractivity (Wildman–Crippen MR) is 106 cm³/mol. The van der Waals surface area contributed by atoms with E-state index in [1.165, 1.54) is 13.2 Å². The van der Waals surface area contributed by atoms with Crippen LogP contribution in [-0.4, -0.2) is 48.6 Å². The third-order valence-electron chi connectivity index (χ3n) is 5.06. The number of fused-ring (bicyclic) bond motifs is 1. The standard InChI is InChI=1S/C20H22FN5O2/c1-12-10-26-11-15(18(28-3)7-19(26)23-12)20(27)24-17-5-4-13(6-16(17)21)25(2)14-8-22-9-14/h4-7,10-11,14,22H,8-9H2,1-3H3,(H,24,27). The van der Waals surface area contributed by atoms with Gasteiger partial charge in [0.1, 0.15) is 17.2 Å². The van der Waals surface area contributed by atoms with Crippen molar-refractivity contribution in [2.45, 2.75) is 13.0 Å². The second kappa shape index (κ2) is 7.12. The number of aryl methyl sites for hydroxylation is 1. The van der Waals surface area contributed by atoms with Crippen LogP contribution in [-0.2, 0) is 0 Å². The molecule has 8 heteroatoms. The van der Waals surface area contributed by atoms with Gasteiger partial charge in [0.15, 0.2) is 0 Å². The van der Waals surface area contributed by atoms with Gasteiger partial charge in [0.05, 0.1) is 30.1 Å². The number of pyridine rings is 1. The molecule has 146 valence electrons. The number of ether oxygens (including phenoxy) is 1. The highest BCUT2D eigenvalue weighted by molar-refractivity contribution is 6.06. The lowest BCUT2D eigenvalue weighted by atomic mass is 10.1. The molecule has 3 aromatic rings. The molecule has 3 heterocycles. The number of amides is 1. The molecule has 1 amide bonds. The minimum Gasteiger partial charge on any atom is -0.496 e. The smallest absolute Gasteiger partial charge is 0.261 e. The zero-order chi connectivity index (χ0) is 19.8. The number of nitrogens with zero attached hydrogens (tertiary/aromatic N) is 3. The van der Waals surface area contributed by atoms with Crippen molar-refractivity contribution in [1.29, 1.82) is 0 Å². The van der Waals surface area contributed by atoms with E-state index in [2.05, 4.69) is 15.6 Å². The van der Waals surface area contributed by atoms with Crippen molar-refractivity contribution in [2.24, 2.45) is 0 Å². The fourth-order valence-corrected chi connectivity index (χ4v) is 3.25. The summed E-state index contributed by atoms with van der Waals surface area (Å²) in [6.07, 6.45) is 3.44. The van der Waals surface area contributed by atoms with Crippen molar-refractivity contribution in [3.05, 3.63) is 53.7 Å². The zero-order valence-electron chi connectivity index (χ0n) is 16.0. The summed E-state index contributed by atoms with van der Waals surface area (Å²) in [5.74, 6) is -0.554. The molecular formula is C20H22FN5O2. The van der Waals surface area contributed by atoms with Crippen LogP contribution in [0.25, 0.3) is 5.65 Å². The maximum atomic E-state index is 14.6. The Balaban J connectivity index is 1.58. The predicted octanol–water partition coefficient (Wildman–Crippen LogP) is 2.45. The van der Waals surface area contributed by atoms with Crippen LogP contribution in [0.3, 0.4) is 0 Å². The summed E-state index contributed by atoms with van der Waals surface area (Å²) in [6, 6.07) is 6.86. The van der Waals surface area contributed by atoms with Gasteiger partial charge in [-0.25, -0.2) is 9.37 Å². The number of carbonyl (C=O) groups is 1. The van der Waals surface area contributed by atoms with Crippen molar-refractivity contribution in [2.75, 3.05) is 37.5 Å². The number of aromatic nitrogens is 2. The Morgan fingerprint density at radius 3 is 2.79 bits per heavy atom. The first kappa shape index (κ1) is 18.2. The maximum Gasteiger partial charge on any atom is 0.261 e. The number of likely N-dealkylation sites (N-methyl/N-ethyl adjacent to an activating group) is 1. The van der Waals surface area contributed by atoms with E-state index in [9.17, 15) is 9.18 Å². The van der Waals surface area contributed by atoms with Crippen LogP contribution in [0.4, 0.5) is 15.8 Å². The Morgan fingerprint density at radius 2 is 2.14 bits per heavy atom. The molecule has 1 aromatic carbocycles. The normalized spacial score (nSPS) is 14.0. The zero-order valence-corrected chi connectivity index (χ0v) is 16.0. The van der Waals surface area contributed by atoms with Crippen molar-refractivity contribution in [3.63, 3.8) is 0 Å². The first-order valence-electron chi connectivity index (χ1n) is 9.04. The molecule has 2 aromatic heterocycles. The van der Waals surface area contributed by atoms with E-state index in [0.717, 1.165) is 24.5 Å². The van der Waals surface area contributed by atoms with E-state index in [-0.39, 0.29) is 5.69 Å². The number of hydrogen-bond acceptors (Lipinski definition) is 5. The van der Waals surface area contributed by atoms with Gasteiger partial charge < -0.3 is 24.7 Å². The van der Waals surface area contributed by atoms with Crippen molar-refractivity contribution in [3.8, 4) is 5.75 Å². The number of hydrogen-bond donors (Lipinski definition) is 2. The van der Waals surface area contributed by atoms with Crippen LogP contribution >= 0.6 is 0 Å². The molecule has 0 unspecified atom stereocenters. The SMILES string of the molecule is COc1cc2nc(C)cn2cc1C(=O)Nc1ccc(N(C)C2CNC2)cc1F. The fourth-order valence-electron chi connectivity index (χ4n) is 3.25. The second-order valence-corrected chi connectivity index (χ2v) is 6.94. The Labute approximate surface area is 162 Å². The topological polar surface area (TPSA) is 70.9 Å². The Bertz CT molecular complexity index is 1040. The summed E-state index contributed by atoms with van der Waals surface area (Å²) in [6.45, 7) is 3.63. The number of imidazole rings is 1. The van der Waals surface area contributed by atoms with Gasteiger partial charge >= 0.3 is 0 Å². The molecule has 28 heavy (non-hydrogen) atoms. The minimum atomic E-state index is -0.483. The van der Waals surface area contributed by atoms with Crippen LogP contribution in [0.1, 0.15) is 16.1 Å². The third-order valence-corrected chi connectivity index (χ3v) is 5.06. The van der Waals surface area contributed by atoms with Gasteiger partial charge in [-0.3, -0.25) is 4.79 Å². The number of anilines is 2. The van der Waals surface area contributed by atoms with Crippen LogP contribution < -0.4 is 20.3 Å². The molecule has 7 nitrogen and oxygen atoms in total. The average Bonchev–Trinajstić information content (AvgIpc) is 2.99. The summed E-state index contributed by atoms with van der Waals surface area (Å²) >= 11 is 0. The van der Waals surface area contributed by atoms with E-state index in [1.807, 2.05) is 25.1 Å². The summed E-state index contributed by atoms with van der Waals surface area (Å²) in [4.78, 5) is 19.2. The van der Waals surface area contributed by atoms with E-state index in [1.54, 1.807) is 28.8 Å². The lowest BCUT2D eigenvalue weighted by Crippen LogP contribution is -2.56. The number of benzene rings is 1. The van der Waals surface area contributed by atoms with E-state index < -0.39 is 11.7 Å². The van der Waals surface area contributed by atoms with Crippen molar-refractivity contribution < 1.29 is 13.9 Å². The highest BCUT2D eigenvalue weighted by atomic mass is 19.1. The van der Waals surface area contributed by atoms with Crippen molar-refractivity contribution in [1.82, 2.24) is 14.7 Å². The van der Waals surface area contributed by atoms with Crippen LogP contribution in [0.5, 0.6) is 5.75 Å². The van der Waals surface area contributed by atoms with E-state index in [4.69, 9.17) is 4.74 Å². The van der Waals surface area contributed by atoms with Crippen LogP contribution in [0, 0.1) is 12.7 Å². The molecular weight excluding hydrogens is 361 g/mol. The maximum absolute atomic E-state index is 14.6. The minimum absolute atomic E-state index is 0.123. The summed E-state index contributed by atoms with van der Waals surface area (Å²) in [5.41, 5.74) is 2.70. The molecule has 0 radical (unpaired) electrons. The largest absolute Gasteiger partial charge is 0.496 e. The monoisotopic (exact) mass is 383 g/mol. The van der Waals surface area contributed by atoms with Gasteiger partial charge in [0.2, 0.25) is 0 Å². The molecule has 0 bridgehead atoms. The molecule has 0 saturated carbocycles. The number of rotatable bonds is 5. The highest BCUT2D eigenvalue weighted by Crippen LogP contribution is 2.26. The Hall–Kier alpha value is -3.13. The molecule has 0 atom stereocenters. The quantitative estimate of drug-likeness (QED) is 0.708. The van der Waals surface area contributed by atoms with Crippen molar-refractivity contribution >= 4 is 22.9 Å². The van der Waals surface area contributed by atoms with Gasteiger partial charge in [0.25, 0.3) is 5.91 Å². The summed E-state index contributed by atoms with van der Waals surface area (Å²) in [7, 11) is 3.42. The third kappa shape index (κ3) is 3.27. The van der Waals surface area contributed by atoms with Gasteiger partial charge in [-0.15, -0.1) is 0 Å². The first-order valence-corrected chi connectivity index (χ1v) is 9.04. The molecule has 0 aliphatic carbocycles. The molecule has 2 N–H and O–H groups in total. The molecule has 4 rings (SSSR count). The second-order valence-electron chi connectivity index (χ2n) is 6.94. The molecule has 1 saturated heterocycles. The van der Waals surface area contributed by atoms with Gasteiger partial charge in [-0.1, -0.05) is 0 Å². The fraction of sp³-hybridized carbons (Fsp3) is 0.300. The molecule has 1 aliphatic rings.